The van der Waals surface area contributed by atoms with Crippen molar-refractivity contribution >= 4 is 11.7 Å². The van der Waals surface area contributed by atoms with Gasteiger partial charge in [-0.25, -0.2) is 4.79 Å². The van der Waals surface area contributed by atoms with Crippen LogP contribution in [0.25, 0.3) is 0 Å². The zero-order chi connectivity index (χ0) is 15.9. The average molecular weight is 306 g/mol. The molecule has 1 aliphatic carbocycles. The summed E-state index contributed by atoms with van der Waals surface area (Å²) >= 11 is 0. The molecule has 2 N–H and O–H groups in total. The maximum atomic E-state index is 12.5. The fourth-order valence-corrected chi connectivity index (χ4v) is 2.45. The number of aryl methyl sites for hydroxylation is 1. The number of benzene rings is 1. The number of hydrogen-bond donors (Lipinski definition) is 2. The van der Waals surface area contributed by atoms with E-state index in [-0.39, 0.29) is 12.6 Å². The van der Waals surface area contributed by atoms with Crippen molar-refractivity contribution in [1.29, 1.82) is 0 Å². The fourth-order valence-electron chi connectivity index (χ4n) is 2.45. The van der Waals surface area contributed by atoms with Gasteiger partial charge in [0.2, 0.25) is 0 Å². The molecule has 5 nitrogen and oxygen atoms in total. The van der Waals surface area contributed by atoms with Gasteiger partial charge in [0.25, 0.3) is 0 Å². The van der Waals surface area contributed by atoms with Crippen LogP contribution in [0.5, 0.6) is 5.75 Å². The number of nitrogens with zero attached hydrogens (tertiary/aromatic N) is 1. The summed E-state index contributed by atoms with van der Waals surface area (Å²) in [5, 5.41) is 11.9. The predicted molar refractivity (Wildman–Crippen MR) is 87.4 cm³/mol. The quantitative estimate of drug-likeness (QED) is 0.725. The number of hydrogen-bond acceptors (Lipinski definition) is 3. The second kappa shape index (κ2) is 8.03. The Labute approximate surface area is 132 Å². The van der Waals surface area contributed by atoms with E-state index in [2.05, 4.69) is 5.32 Å². The van der Waals surface area contributed by atoms with Gasteiger partial charge < -0.3 is 20.1 Å². The summed E-state index contributed by atoms with van der Waals surface area (Å²) in [5.74, 6) is 0.819. The largest absolute Gasteiger partial charge is 0.494 e. The van der Waals surface area contributed by atoms with Gasteiger partial charge in [0.05, 0.1) is 6.61 Å². The molecule has 0 radical (unpaired) electrons. The second-order valence-corrected chi connectivity index (χ2v) is 5.70. The molecule has 1 fully saturated rings. The highest BCUT2D eigenvalue weighted by Crippen LogP contribution is 2.28. The minimum Gasteiger partial charge on any atom is -0.494 e. The van der Waals surface area contributed by atoms with E-state index in [0.29, 0.717) is 19.2 Å². The van der Waals surface area contributed by atoms with Gasteiger partial charge in [-0.15, -0.1) is 0 Å². The molecule has 2 amide bonds. The summed E-state index contributed by atoms with van der Waals surface area (Å²) in [5.41, 5.74) is 1.81. The van der Waals surface area contributed by atoms with E-state index in [1.165, 1.54) is 0 Å². The number of carbonyl (C=O) groups excluding carboxylic acids is 1. The van der Waals surface area contributed by atoms with Crippen molar-refractivity contribution in [3.8, 4) is 5.75 Å². The Hall–Kier alpha value is -1.75. The number of aliphatic hydroxyl groups is 1. The van der Waals surface area contributed by atoms with Gasteiger partial charge in [0.15, 0.2) is 0 Å². The van der Waals surface area contributed by atoms with E-state index < -0.39 is 0 Å². The van der Waals surface area contributed by atoms with Gasteiger partial charge in [-0.1, -0.05) is 0 Å². The van der Waals surface area contributed by atoms with E-state index in [9.17, 15) is 4.79 Å². The number of aliphatic hydroxyl groups excluding tert-OH is 1. The van der Waals surface area contributed by atoms with Gasteiger partial charge >= 0.3 is 6.03 Å². The van der Waals surface area contributed by atoms with E-state index in [1.54, 1.807) is 0 Å². The lowest BCUT2D eigenvalue weighted by atomic mass is 10.2. The number of unbranched alkanes of at least 4 members (excludes halogenated alkanes) is 1. The lowest BCUT2D eigenvalue weighted by molar-refractivity contribution is 0.204. The minimum absolute atomic E-state index is 0.0484. The maximum absolute atomic E-state index is 12.5. The molecule has 0 unspecified atom stereocenters. The highest BCUT2D eigenvalue weighted by atomic mass is 16.5. The van der Waals surface area contributed by atoms with Crippen LogP contribution in [-0.2, 0) is 0 Å². The first-order valence-corrected chi connectivity index (χ1v) is 8.07. The molecule has 0 bridgehead atoms. The monoisotopic (exact) mass is 306 g/mol. The summed E-state index contributed by atoms with van der Waals surface area (Å²) in [6.07, 6.45) is 3.73. The first-order chi connectivity index (χ1) is 10.7. The zero-order valence-electron chi connectivity index (χ0n) is 13.5. The number of carbonyl (C=O) groups is 1. The summed E-state index contributed by atoms with van der Waals surface area (Å²) in [4.78, 5) is 14.4. The molecule has 1 aliphatic rings. The lowest BCUT2D eigenvalue weighted by Crippen LogP contribution is -2.37. The first kappa shape index (κ1) is 16.6. The van der Waals surface area contributed by atoms with Gasteiger partial charge in [-0.2, -0.15) is 0 Å². The summed E-state index contributed by atoms with van der Waals surface area (Å²) in [6, 6.07) is 6.01. The average Bonchev–Trinajstić information content (AvgIpc) is 3.31. The van der Waals surface area contributed by atoms with Crippen LogP contribution < -0.4 is 10.1 Å². The van der Waals surface area contributed by atoms with Crippen LogP contribution in [0.2, 0.25) is 0 Å². The first-order valence-electron chi connectivity index (χ1n) is 8.07. The van der Waals surface area contributed by atoms with Crippen LogP contribution in [0.4, 0.5) is 10.5 Å². The third-order valence-corrected chi connectivity index (χ3v) is 3.81. The van der Waals surface area contributed by atoms with E-state index in [1.807, 2.05) is 36.9 Å². The normalized spacial score (nSPS) is 13.8. The Kier molecular flexibility index (Phi) is 6.07. The van der Waals surface area contributed by atoms with Crippen molar-refractivity contribution in [3.63, 3.8) is 0 Å². The molecule has 0 aliphatic heterocycles. The fraction of sp³-hybridized carbons (Fsp3) is 0.588. The minimum atomic E-state index is -0.0484. The smallest absolute Gasteiger partial charge is 0.322 e. The molecule has 2 rings (SSSR count). The number of rotatable bonds is 8. The molecule has 0 saturated heterocycles. The van der Waals surface area contributed by atoms with Crippen LogP contribution >= 0.6 is 0 Å². The summed E-state index contributed by atoms with van der Waals surface area (Å²) < 4.78 is 5.46. The van der Waals surface area contributed by atoms with Crippen LogP contribution in [0.1, 0.15) is 38.2 Å². The Balaban J connectivity index is 1.96. The second-order valence-electron chi connectivity index (χ2n) is 5.70. The molecule has 1 aromatic carbocycles. The van der Waals surface area contributed by atoms with Crippen molar-refractivity contribution in [1.82, 2.24) is 4.90 Å². The van der Waals surface area contributed by atoms with Gasteiger partial charge in [0, 0.05) is 24.9 Å². The highest BCUT2D eigenvalue weighted by Gasteiger charge is 2.32. The SMILES string of the molecule is CCOc1ccc(NC(=O)N(CCCCO)C2CC2)c(C)c1. The molecular weight excluding hydrogens is 280 g/mol. The van der Waals surface area contributed by atoms with Gasteiger partial charge in [-0.3, -0.25) is 0 Å². The highest BCUT2D eigenvalue weighted by molar-refractivity contribution is 5.90. The molecule has 22 heavy (non-hydrogen) atoms. The molecule has 5 heteroatoms. The van der Waals surface area contributed by atoms with Crippen LogP contribution in [0, 0.1) is 6.92 Å². The van der Waals surface area contributed by atoms with Crippen molar-refractivity contribution in [2.75, 3.05) is 25.1 Å². The third-order valence-electron chi connectivity index (χ3n) is 3.81. The van der Waals surface area contributed by atoms with E-state index in [4.69, 9.17) is 9.84 Å². The van der Waals surface area contributed by atoms with Crippen molar-refractivity contribution in [3.05, 3.63) is 23.8 Å². The van der Waals surface area contributed by atoms with Crippen molar-refractivity contribution < 1.29 is 14.6 Å². The van der Waals surface area contributed by atoms with E-state index in [0.717, 1.165) is 42.7 Å². The Bertz CT molecular complexity index is 501. The third kappa shape index (κ3) is 4.63. The van der Waals surface area contributed by atoms with E-state index >= 15 is 0 Å². The number of urea groups is 1. The molecule has 0 aromatic heterocycles. The molecule has 1 saturated carbocycles. The Morgan fingerprint density at radius 3 is 2.77 bits per heavy atom. The molecule has 0 atom stereocenters. The topological polar surface area (TPSA) is 61.8 Å². The maximum Gasteiger partial charge on any atom is 0.322 e. The number of ether oxygens (including phenoxy) is 1. The molecular formula is C17H26N2O3. The number of nitrogens with one attached hydrogen (secondary N) is 1. The van der Waals surface area contributed by atoms with Crippen LogP contribution in [0.3, 0.4) is 0 Å². The summed E-state index contributed by atoms with van der Waals surface area (Å²) in [6.45, 7) is 5.42. The number of amides is 2. The Morgan fingerprint density at radius 2 is 2.18 bits per heavy atom. The zero-order valence-corrected chi connectivity index (χ0v) is 13.5. The lowest BCUT2D eigenvalue weighted by Gasteiger charge is -2.23. The predicted octanol–water partition coefficient (Wildman–Crippen LogP) is 3.16. The number of anilines is 1. The van der Waals surface area contributed by atoms with Crippen LogP contribution in [0.15, 0.2) is 18.2 Å². The summed E-state index contributed by atoms with van der Waals surface area (Å²) in [7, 11) is 0. The standard InChI is InChI=1S/C17H26N2O3/c1-3-22-15-8-9-16(13(2)12-15)18-17(21)19(14-6-7-14)10-4-5-11-20/h8-9,12,14,20H,3-7,10-11H2,1-2H3,(H,18,21). The Morgan fingerprint density at radius 1 is 1.41 bits per heavy atom. The molecule has 122 valence electrons. The molecule has 1 aromatic rings. The molecule has 0 spiro atoms. The van der Waals surface area contributed by atoms with Gasteiger partial charge in [-0.05, 0) is 63.3 Å². The van der Waals surface area contributed by atoms with Crippen molar-refractivity contribution in [2.45, 2.75) is 45.6 Å². The van der Waals surface area contributed by atoms with Crippen molar-refractivity contribution in [2.24, 2.45) is 0 Å². The molecule has 0 heterocycles. The van der Waals surface area contributed by atoms with Crippen LogP contribution in [-0.4, -0.2) is 41.8 Å². The van der Waals surface area contributed by atoms with Gasteiger partial charge in [0.1, 0.15) is 5.75 Å².